The summed E-state index contributed by atoms with van der Waals surface area (Å²) in [6, 6.07) is 0. The molecule has 3 fully saturated rings. The lowest BCUT2D eigenvalue weighted by molar-refractivity contribution is 0.198. The van der Waals surface area contributed by atoms with Crippen LogP contribution in [0.25, 0.3) is 0 Å². The molecule has 1 N–H and O–H groups in total. The Balaban J connectivity index is 1.79. The second-order valence-electron chi connectivity index (χ2n) is 6.46. The first-order chi connectivity index (χ1) is 8.44. The molecule has 0 aromatic heterocycles. The van der Waals surface area contributed by atoms with Gasteiger partial charge in [0.25, 0.3) is 0 Å². The van der Waals surface area contributed by atoms with E-state index in [2.05, 4.69) is 24.3 Å². The van der Waals surface area contributed by atoms with Crippen molar-refractivity contribution in [3.63, 3.8) is 0 Å². The van der Waals surface area contributed by atoms with Crippen LogP contribution in [-0.4, -0.2) is 69.7 Å². The highest BCUT2D eigenvalue weighted by atomic mass is 32.2. The van der Waals surface area contributed by atoms with Gasteiger partial charge in [-0.2, -0.15) is 0 Å². The number of sulfonamides is 1. The highest BCUT2D eigenvalue weighted by molar-refractivity contribution is 7.90. The lowest BCUT2D eigenvalue weighted by Crippen LogP contribution is -2.42. The van der Waals surface area contributed by atoms with Gasteiger partial charge in [-0.25, -0.2) is 12.7 Å². The van der Waals surface area contributed by atoms with Gasteiger partial charge >= 0.3 is 0 Å². The van der Waals surface area contributed by atoms with Crippen LogP contribution >= 0.6 is 0 Å². The standard InChI is InChI=1S/C12H23N3O2S/c1-14(2)8-12-7-13-5-10(12)6-15(9-12)18(16,17)11-3-4-11/h10-11,13H,3-9H2,1-2H3. The molecule has 2 heterocycles. The van der Waals surface area contributed by atoms with Crippen LogP contribution in [0.15, 0.2) is 0 Å². The first-order valence-corrected chi connectivity index (χ1v) is 8.29. The molecule has 104 valence electrons. The maximum Gasteiger partial charge on any atom is 0.217 e. The lowest BCUT2D eigenvalue weighted by Gasteiger charge is -2.31. The maximum atomic E-state index is 12.3. The van der Waals surface area contributed by atoms with Crippen LogP contribution in [0, 0.1) is 11.3 Å². The van der Waals surface area contributed by atoms with Crippen molar-refractivity contribution in [3.8, 4) is 0 Å². The predicted molar refractivity (Wildman–Crippen MR) is 70.9 cm³/mol. The Hall–Kier alpha value is -0.170. The third-order valence-corrected chi connectivity index (χ3v) is 6.90. The molecular formula is C12H23N3O2S. The molecule has 5 nitrogen and oxygen atoms in total. The normalized spacial score (nSPS) is 37.4. The van der Waals surface area contributed by atoms with E-state index in [1.807, 2.05) is 0 Å². The highest BCUT2D eigenvalue weighted by Gasteiger charge is 2.54. The Labute approximate surface area is 110 Å². The van der Waals surface area contributed by atoms with E-state index in [-0.39, 0.29) is 10.7 Å². The van der Waals surface area contributed by atoms with Crippen molar-refractivity contribution in [2.75, 3.05) is 46.8 Å². The van der Waals surface area contributed by atoms with E-state index >= 15 is 0 Å². The maximum absolute atomic E-state index is 12.3. The minimum atomic E-state index is -2.99. The number of fused-ring (bicyclic) bond motifs is 1. The summed E-state index contributed by atoms with van der Waals surface area (Å²) in [6.45, 7) is 4.32. The molecule has 6 heteroatoms. The smallest absolute Gasteiger partial charge is 0.217 e. The van der Waals surface area contributed by atoms with E-state index in [0.29, 0.717) is 12.5 Å². The van der Waals surface area contributed by atoms with Crippen LogP contribution in [0.4, 0.5) is 0 Å². The molecule has 1 saturated carbocycles. The van der Waals surface area contributed by atoms with Gasteiger partial charge in [-0.05, 0) is 39.4 Å². The van der Waals surface area contributed by atoms with Crippen molar-refractivity contribution >= 4 is 10.0 Å². The van der Waals surface area contributed by atoms with Gasteiger partial charge < -0.3 is 10.2 Å². The third kappa shape index (κ3) is 1.99. The molecule has 2 saturated heterocycles. The van der Waals surface area contributed by atoms with Gasteiger partial charge in [0.2, 0.25) is 10.0 Å². The predicted octanol–water partition coefficient (Wildman–Crippen LogP) is -0.438. The number of nitrogens with zero attached hydrogens (tertiary/aromatic N) is 2. The van der Waals surface area contributed by atoms with Crippen LogP contribution < -0.4 is 5.32 Å². The quantitative estimate of drug-likeness (QED) is 0.755. The van der Waals surface area contributed by atoms with Gasteiger partial charge in [0.05, 0.1) is 5.25 Å². The molecule has 1 aliphatic carbocycles. The Morgan fingerprint density at radius 3 is 2.72 bits per heavy atom. The number of hydrogen-bond donors (Lipinski definition) is 1. The van der Waals surface area contributed by atoms with E-state index in [0.717, 1.165) is 39.0 Å². The van der Waals surface area contributed by atoms with E-state index in [9.17, 15) is 8.42 Å². The number of hydrogen-bond acceptors (Lipinski definition) is 4. The van der Waals surface area contributed by atoms with Gasteiger partial charge in [0.15, 0.2) is 0 Å². The first kappa shape index (κ1) is 12.8. The van der Waals surface area contributed by atoms with E-state index in [1.54, 1.807) is 4.31 Å². The lowest BCUT2D eigenvalue weighted by atomic mass is 9.81. The molecule has 2 unspecified atom stereocenters. The molecule has 0 amide bonds. The fraction of sp³-hybridized carbons (Fsp3) is 1.00. The Kier molecular flexibility index (Phi) is 2.97. The molecule has 2 atom stereocenters. The summed E-state index contributed by atoms with van der Waals surface area (Å²) in [5.41, 5.74) is 0.130. The summed E-state index contributed by atoms with van der Waals surface area (Å²) in [5.74, 6) is 0.480. The molecule has 3 rings (SSSR count). The van der Waals surface area contributed by atoms with Gasteiger partial charge in [-0.3, -0.25) is 0 Å². The molecule has 0 bridgehead atoms. The zero-order valence-corrected chi connectivity index (χ0v) is 12.0. The number of nitrogens with one attached hydrogen (secondary N) is 1. The van der Waals surface area contributed by atoms with Crippen LogP contribution in [0.3, 0.4) is 0 Å². The third-order valence-electron chi connectivity index (χ3n) is 4.59. The van der Waals surface area contributed by atoms with Gasteiger partial charge in [-0.1, -0.05) is 0 Å². The topological polar surface area (TPSA) is 52.6 Å². The average Bonchev–Trinajstić information content (AvgIpc) is 2.95. The Bertz CT molecular complexity index is 433. The Morgan fingerprint density at radius 1 is 1.39 bits per heavy atom. The van der Waals surface area contributed by atoms with Crippen LogP contribution in [0.5, 0.6) is 0 Å². The van der Waals surface area contributed by atoms with Gasteiger partial charge in [0, 0.05) is 31.6 Å². The van der Waals surface area contributed by atoms with E-state index in [1.165, 1.54) is 0 Å². The summed E-state index contributed by atoms with van der Waals surface area (Å²) in [7, 11) is 1.15. The highest BCUT2D eigenvalue weighted by Crippen LogP contribution is 2.43. The zero-order valence-electron chi connectivity index (χ0n) is 11.2. The van der Waals surface area contributed by atoms with Crippen LogP contribution in [0.1, 0.15) is 12.8 Å². The van der Waals surface area contributed by atoms with E-state index < -0.39 is 10.0 Å². The van der Waals surface area contributed by atoms with Crippen molar-refractivity contribution in [2.45, 2.75) is 18.1 Å². The van der Waals surface area contributed by atoms with Crippen molar-refractivity contribution in [3.05, 3.63) is 0 Å². The fourth-order valence-corrected chi connectivity index (χ4v) is 5.57. The SMILES string of the molecule is CN(C)CC12CNCC1CN(S(=O)(=O)C1CC1)C2. The summed E-state index contributed by atoms with van der Waals surface area (Å²) >= 11 is 0. The van der Waals surface area contributed by atoms with Crippen molar-refractivity contribution in [2.24, 2.45) is 11.3 Å². The summed E-state index contributed by atoms with van der Waals surface area (Å²) in [4.78, 5) is 2.19. The first-order valence-electron chi connectivity index (χ1n) is 6.78. The van der Waals surface area contributed by atoms with E-state index in [4.69, 9.17) is 0 Å². The summed E-state index contributed by atoms with van der Waals surface area (Å²) < 4.78 is 26.5. The van der Waals surface area contributed by atoms with Crippen molar-refractivity contribution < 1.29 is 8.42 Å². The van der Waals surface area contributed by atoms with Crippen molar-refractivity contribution in [1.29, 1.82) is 0 Å². The van der Waals surface area contributed by atoms with Crippen LogP contribution in [0.2, 0.25) is 0 Å². The molecule has 3 aliphatic rings. The van der Waals surface area contributed by atoms with Crippen molar-refractivity contribution in [1.82, 2.24) is 14.5 Å². The second kappa shape index (κ2) is 4.16. The summed E-state index contributed by atoms with van der Waals surface area (Å²) in [5, 5.41) is 3.37. The number of rotatable bonds is 4. The average molecular weight is 273 g/mol. The largest absolute Gasteiger partial charge is 0.316 e. The molecule has 0 aromatic carbocycles. The zero-order chi connectivity index (χ0) is 13.0. The van der Waals surface area contributed by atoms with Crippen LogP contribution in [-0.2, 0) is 10.0 Å². The van der Waals surface area contributed by atoms with Gasteiger partial charge in [0.1, 0.15) is 0 Å². The monoisotopic (exact) mass is 273 g/mol. The molecule has 0 aromatic rings. The minimum Gasteiger partial charge on any atom is -0.316 e. The summed E-state index contributed by atoms with van der Waals surface area (Å²) in [6.07, 6.45) is 1.73. The molecule has 18 heavy (non-hydrogen) atoms. The van der Waals surface area contributed by atoms with Gasteiger partial charge in [-0.15, -0.1) is 0 Å². The molecular weight excluding hydrogens is 250 g/mol. The molecule has 0 spiro atoms. The molecule has 0 radical (unpaired) electrons. The molecule has 2 aliphatic heterocycles. The second-order valence-corrected chi connectivity index (χ2v) is 8.68. The Morgan fingerprint density at radius 2 is 2.11 bits per heavy atom. The minimum absolute atomic E-state index is 0.0688. The fourth-order valence-electron chi connectivity index (χ4n) is 3.60.